The van der Waals surface area contributed by atoms with E-state index in [4.69, 9.17) is 0 Å². The van der Waals surface area contributed by atoms with E-state index in [0.29, 0.717) is 0 Å². The first-order valence-corrected chi connectivity index (χ1v) is 7.04. The zero-order chi connectivity index (χ0) is 14.3. The highest BCUT2D eigenvalue weighted by molar-refractivity contribution is 5.81. The highest BCUT2D eigenvalue weighted by Crippen LogP contribution is 2.10. The van der Waals surface area contributed by atoms with E-state index in [9.17, 15) is 4.79 Å². The highest BCUT2D eigenvalue weighted by atomic mass is 16.2. The summed E-state index contributed by atoms with van der Waals surface area (Å²) in [6, 6.07) is 4.08. The summed E-state index contributed by atoms with van der Waals surface area (Å²) in [5, 5.41) is 6.35. The molecule has 0 saturated heterocycles. The Morgan fingerprint density at radius 1 is 1.32 bits per heavy atom. The Hall–Kier alpha value is -1.42. The van der Waals surface area contributed by atoms with Crippen LogP contribution in [0.25, 0.3) is 0 Å². The van der Waals surface area contributed by atoms with Crippen molar-refractivity contribution in [1.29, 1.82) is 0 Å². The maximum Gasteiger partial charge on any atom is 0.237 e. The summed E-state index contributed by atoms with van der Waals surface area (Å²) in [6.45, 7) is 8.11. The van der Waals surface area contributed by atoms with E-state index in [-0.39, 0.29) is 24.0 Å². The molecule has 4 nitrogen and oxygen atoms in total. The summed E-state index contributed by atoms with van der Waals surface area (Å²) < 4.78 is 0. The van der Waals surface area contributed by atoms with Crippen molar-refractivity contribution in [3.63, 3.8) is 0 Å². The predicted molar refractivity (Wildman–Crippen MR) is 77.8 cm³/mol. The van der Waals surface area contributed by atoms with E-state index in [1.54, 1.807) is 6.20 Å². The fourth-order valence-corrected chi connectivity index (χ4v) is 2.00. The fraction of sp³-hybridized carbons (Fsp3) is 0.600. The first kappa shape index (κ1) is 15.6. The van der Waals surface area contributed by atoms with Crippen molar-refractivity contribution in [2.45, 2.75) is 58.7 Å². The van der Waals surface area contributed by atoms with Gasteiger partial charge in [0.05, 0.1) is 6.04 Å². The molecule has 1 aromatic rings. The van der Waals surface area contributed by atoms with E-state index in [1.807, 2.05) is 32.2 Å². The molecule has 0 aliphatic heterocycles. The molecule has 1 heterocycles. The molecular weight excluding hydrogens is 238 g/mol. The highest BCUT2D eigenvalue weighted by Gasteiger charge is 2.18. The number of hydrogen-bond acceptors (Lipinski definition) is 3. The summed E-state index contributed by atoms with van der Waals surface area (Å²) in [5.74, 6) is 0.0597. The number of aromatic nitrogens is 1. The Morgan fingerprint density at radius 2 is 2.00 bits per heavy atom. The Labute approximate surface area is 116 Å². The van der Waals surface area contributed by atoms with Gasteiger partial charge in [0, 0.05) is 24.5 Å². The maximum absolute atomic E-state index is 12.0. The predicted octanol–water partition coefficient (Wildman–Crippen LogP) is 2.43. The van der Waals surface area contributed by atoms with Gasteiger partial charge >= 0.3 is 0 Å². The van der Waals surface area contributed by atoms with Crippen LogP contribution in [0.3, 0.4) is 0 Å². The number of carbonyl (C=O) groups is 1. The van der Waals surface area contributed by atoms with E-state index in [2.05, 4.69) is 29.5 Å². The van der Waals surface area contributed by atoms with E-state index < -0.39 is 0 Å². The van der Waals surface area contributed by atoms with Crippen molar-refractivity contribution >= 4 is 5.91 Å². The molecule has 4 heteroatoms. The lowest BCUT2D eigenvalue weighted by Gasteiger charge is -2.22. The number of rotatable bonds is 7. The van der Waals surface area contributed by atoms with Crippen LogP contribution in [-0.4, -0.2) is 23.0 Å². The molecule has 0 fully saturated rings. The number of nitrogens with zero attached hydrogens (tertiary/aromatic N) is 1. The minimum Gasteiger partial charge on any atom is -0.352 e. The number of pyridine rings is 1. The summed E-state index contributed by atoms with van der Waals surface area (Å²) in [4.78, 5) is 16.1. The van der Waals surface area contributed by atoms with Gasteiger partial charge in [-0.2, -0.15) is 0 Å². The molecule has 1 unspecified atom stereocenters. The van der Waals surface area contributed by atoms with Gasteiger partial charge in [0.25, 0.3) is 0 Å². The second kappa shape index (κ2) is 7.89. The minimum absolute atomic E-state index is 0.0597. The van der Waals surface area contributed by atoms with Crippen molar-refractivity contribution in [2.75, 3.05) is 0 Å². The number of amides is 1. The molecule has 1 amide bonds. The summed E-state index contributed by atoms with van der Waals surface area (Å²) in [5.41, 5.74) is 1.09. The monoisotopic (exact) mass is 263 g/mol. The Balaban J connectivity index is 2.50. The van der Waals surface area contributed by atoms with Gasteiger partial charge in [-0.05, 0) is 38.3 Å². The molecule has 106 valence electrons. The van der Waals surface area contributed by atoms with Crippen LogP contribution in [0.5, 0.6) is 0 Å². The Morgan fingerprint density at radius 3 is 2.53 bits per heavy atom. The van der Waals surface area contributed by atoms with E-state index in [1.165, 1.54) is 0 Å². The van der Waals surface area contributed by atoms with Crippen LogP contribution in [0.2, 0.25) is 0 Å². The second-order valence-corrected chi connectivity index (χ2v) is 4.92. The Bertz CT molecular complexity index is 376. The third kappa shape index (κ3) is 4.99. The molecule has 2 N–H and O–H groups in total. The van der Waals surface area contributed by atoms with Crippen LogP contribution in [-0.2, 0) is 4.79 Å². The van der Waals surface area contributed by atoms with Gasteiger partial charge in [-0.15, -0.1) is 0 Å². The average molecular weight is 263 g/mol. The molecule has 0 aliphatic rings. The number of nitrogens with one attached hydrogen (secondary N) is 2. The van der Waals surface area contributed by atoms with E-state index in [0.717, 1.165) is 18.4 Å². The van der Waals surface area contributed by atoms with Crippen molar-refractivity contribution in [1.82, 2.24) is 15.6 Å². The lowest BCUT2D eigenvalue weighted by molar-refractivity contribution is -0.123. The lowest BCUT2D eigenvalue weighted by atomic mass is 10.1. The number of carbonyl (C=O) groups excluding carboxylic acids is 1. The normalized spacial score (nSPS) is 14.2. The van der Waals surface area contributed by atoms with Gasteiger partial charge in [-0.25, -0.2) is 0 Å². The molecule has 0 aliphatic carbocycles. The van der Waals surface area contributed by atoms with Gasteiger partial charge in [0.1, 0.15) is 0 Å². The molecule has 0 saturated carbocycles. The fourth-order valence-electron chi connectivity index (χ4n) is 2.00. The largest absolute Gasteiger partial charge is 0.352 e. The van der Waals surface area contributed by atoms with Gasteiger partial charge in [-0.3, -0.25) is 15.1 Å². The van der Waals surface area contributed by atoms with Crippen LogP contribution < -0.4 is 10.6 Å². The molecule has 0 radical (unpaired) electrons. The minimum atomic E-state index is -0.212. The summed E-state index contributed by atoms with van der Waals surface area (Å²) in [6.07, 6.45) is 5.50. The zero-order valence-electron chi connectivity index (χ0n) is 12.3. The molecule has 0 bridgehead atoms. The van der Waals surface area contributed by atoms with Crippen LogP contribution in [0, 0.1) is 0 Å². The molecule has 0 spiro atoms. The van der Waals surface area contributed by atoms with Gasteiger partial charge < -0.3 is 5.32 Å². The molecule has 2 atom stereocenters. The number of hydrogen-bond donors (Lipinski definition) is 2. The van der Waals surface area contributed by atoms with Crippen LogP contribution in [0.4, 0.5) is 0 Å². The zero-order valence-corrected chi connectivity index (χ0v) is 12.3. The lowest BCUT2D eigenvalue weighted by Crippen LogP contribution is -2.46. The van der Waals surface area contributed by atoms with Gasteiger partial charge in [-0.1, -0.05) is 19.9 Å². The average Bonchev–Trinajstić information content (AvgIpc) is 2.45. The third-order valence-corrected chi connectivity index (χ3v) is 3.41. The standard InChI is InChI=1S/C15H25N3O/c1-5-14(6-2)18-15(19)12(4)17-11(3)13-8-7-9-16-10-13/h7-12,14,17H,5-6H2,1-4H3,(H,18,19)/t11-,12?/m1/s1. The Kier molecular flexibility index (Phi) is 6.50. The van der Waals surface area contributed by atoms with Crippen LogP contribution in [0.1, 0.15) is 52.1 Å². The summed E-state index contributed by atoms with van der Waals surface area (Å²) >= 11 is 0. The quantitative estimate of drug-likeness (QED) is 0.794. The van der Waals surface area contributed by atoms with Crippen LogP contribution >= 0.6 is 0 Å². The molecule has 0 aromatic carbocycles. The maximum atomic E-state index is 12.0. The summed E-state index contributed by atoms with van der Waals surface area (Å²) in [7, 11) is 0. The van der Waals surface area contributed by atoms with Gasteiger partial charge in [0.2, 0.25) is 5.91 Å². The molecule has 1 rings (SSSR count). The van der Waals surface area contributed by atoms with Crippen molar-refractivity contribution in [2.24, 2.45) is 0 Å². The van der Waals surface area contributed by atoms with Gasteiger partial charge in [0.15, 0.2) is 0 Å². The third-order valence-electron chi connectivity index (χ3n) is 3.41. The molecule has 1 aromatic heterocycles. The first-order valence-electron chi connectivity index (χ1n) is 7.04. The molecular formula is C15H25N3O. The molecule has 19 heavy (non-hydrogen) atoms. The smallest absolute Gasteiger partial charge is 0.237 e. The SMILES string of the molecule is CCC(CC)NC(=O)C(C)N[C@H](C)c1cccnc1. The topological polar surface area (TPSA) is 54.0 Å². The van der Waals surface area contributed by atoms with Crippen molar-refractivity contribution < 1.29 is 4.79 Å². The van der Waals surface area contributed by atoms with Crippen LogP contribution in [0.15, 0.2) is 24.5 Å². The second-order valence-electron chi connectivity index (χ2n) is 4.92. The van der Waals surface area contributed by atoms with Crippen molar-refractivity contribution in [3.05, 3.63) is 30.1 Å². The first-order chi connectivity index (χ1) is 9.08. The van der Waals surface area contributed by atoms with Crippen molar-refractivity contribution in [3.8, 4) is 0 Å². The van der Waals surface area contributed by atoms with E-state index >= 15 is 0 Å².